The van der Waals surface area contributed by atoms with Crippen LogP contribution in [0.1, 0.15) is 46.5 Å². The van der Waals surface area contributed by atoms with Crippen LogP contribution < -0.4 is 5.32 Å². The quantitative estimate of drug-likeness (QED) is 0.874. The lowest BCUT2D eigenvalue weighted by molar-refractivity contribution is -0.0865. The van der Waals surface area contributed by atoms with Crippen molar-refractivity contribution < 1.29 is 4.74 Å². The van der Waals surface area contributed by atoms with Gasteiger partial charge in [0.15, 0.2) is 0 Å². The van der Waals surface area contributed by atoms with Crippen LogP contribution in [0.15, 0.2) is 6.20 Å². The molecule has 0 amide bonds. The number of anilines is 1. The van der Waals surface area contributed by atoms with E-state index in [0.717, 1.165) is 44.7 Å². The van der Waals surface area contributed by atoms with Crippen molar-refractivity contribution in [3.05, 3.63) is 6.20 Å². The molecule has 1 saturated heterocycles. The molecule has 1 fully saturated rings. The van der Waals surface area contributed by atoms with Gasteiger partial charge in [-0.1, -0.05) is 19.1 Å². The zero-order chi connectivity index (χ0) is 13.0. The summed E-state index contributed by atoms with van der Waals surface area (Å²) in [6.07, 6.45) is 6.07. The molecule has 5 nitrogen and oxygen atoms in total. The number of rotatable bonds is 5. The summed E-state index contributed by atoms with van der Waals surface area (Å²) in [6, 6.07) is 0.461. The predicted molar refractivity (Wildman–Crippen MR) is 71.6 cm³/mol. The van der Waals surface area contributed by atoms with Gasteiger partial charge in [0.25, 0.3) is 0 Å². The Morgan fingerprint density at radius 3 is 2.89 bits per heavy atom. The van der Waals surface area contributed by atoms with Crippen molar-refractivity contribution in [2.24, 2.45) is 0 Å². The Kier molecular flexibility index (Phi) is 4.22. The highest BCUT2D eigenvalue weighted by molar-refractivity contribution is 5.32. The summed E-state index contributed by atoms with van der Waals surface area (Å²) in [4.78, 5) is 0. The van der Waals surface area contributed by atoms with Crippen molar-refractivity contribution in [3.63, 3.8) is 0 Å². The molecule has 0 bridgehead atoms. The maximum Gasteiger partial charge on any atom is 0.145 e. The van der Waals surface area contributed by atoms with Crippen LogP contribution in [0.2, 0.25) is 0 Å². The van der Waals surface area contributed by atoms with E-state index in [4.69, 9.17) is 4.74 Å². The smallest absolute Gasteiger partial charge is 0.145 e. The van der Waals surface area contributed by atoms with E-state index >= 15 is 0 Å². The summed E-state index contributed by atoms with van der Waals surface area (Å²) in [6.45, 7) is 8.19. The molecule has 1 aromatic rings. The van der Waals surface area contributed by atoms with E-state index in [2.05, 4.69) is 36.4 Å². The van der Waals surface area contributed by atoms with Crippen LogP contribution >= 0.6 is 0 Å². The number of nitrogens with one attached hydrogen (secondary N) is 1. The fourth-order valence-corrected chi connectivity index (χ4v) is 2.71. The van der Waals surface area contributed by atoms with E-state index < -0.39 is 0 Å². The average molecular weight is 252 g/mol. The predicted octanol–water partition coefficient (Wildman–Crippen LogP) is 2.45. The third kappa shape index (κ3) is 2.66. The van der Waals surface area contributed by atoms with Crippen molar-refractivity contribution in [1.29, 1.82) is 0 Å². The number of ether oxygens (including phenoxy) is 1. The molecule has 2 heterocycles. The van der Waals surface area contributed by atoms with Gasteiger partial charge in [-0.25, -0.2) is 4.68 Å². The fraction of sp³-hybridized carbons (Fsp3) is 0.846. The van der Waals surface area contributed by atoms with Gasteiger partial charge in [0, 0.05) is 19.2 Å². The Bertz CT molecular complexity index is 373. The molecule has 18 heavy (non-hydrogen) atoms. The topological polar surface area (TPSA) is 52.0 Å². The van der Waals surface area contributed by atoms with Crippen LogP contribution in [0.3, 0.4) is 0 Å². The van der Waals surface area contributed by atoms with Crippen molar-refractivity contribution in [3.8, 4) is 0 Å². The van der Waals surface area contributed by atoms with Gasteiger partial charge in [0.2, 0.25) is 0 Å². The maximum absolute atomic E-state index is 5.99. The monoisotopic (exact) mass is 252 g/mol. The lowest BCUT2D eigenvalue weighted by Gasteiger charge is -2.40. The van der Waals surface area contributed by atoms with Gasteiger partial charge in [-0.15, -0.1) is 5.10 Å². The summed E-state index contributed by atoms with van der Waals surface area (Å²) in [5.41, 5.74) is 0.0560. The second-order valence-corrected chi connectivity index (χ2v) is 5.01. The normalized spacial score (nSPS) is 22.9. The minimum atomic E-state index is 0.0560. The lowest BCUT2D eigenvalue weighted by atomic mass is 9.86. The molecule has 102 valence electrons. The van der Waals surface area contributed by atoms with Crippen LogP contribution in [-0.4, -0.2) is 33.2 Å². The van der Waals surface area contributed by atoms with E-state index in [1.807, 2.05) is 4.68 Å². The van der Waals surface area contributed by atoms with Crippen LogP contribution in [0.4, 0.5) is 5.82 Å². The fourth-order valence-electron chi connectivity index (χ4n) is 2.71. The molecule has 2 rings (SSSR count). The van der Waals surface area contributed by atoms with Crippen molar-refractivity contribution in [1.82, 2.24) is 15.0 Å². The van der Waals surface area contributed by atoms with E-state index in [-0.39, 0.29) is 5.60 Å². The number of hydrogen-bond acceptors (Lipinski definition) is 4. The molecule has 5 heteroatoms. The van der Waals surface area contributed by atoms with Crippen LogP contribution in [0.5, 0.6) is 0 Å². The molecule has 1 aliphatic heterocycles. The number of hydrogen-bond donors (Lipinski definition) is 1. The van der Waals surface area contributed by atoms with Gasteiger partial charge in [0.05, 0.1) is 11.8 Å². The maximum atomic E-state index is 5.99. The van der Waals surface area contributed by atoms with Gasteiger partial charge >= 0.3 is 0 Å². The molecular weight excluding hydrogens is 228 g/mol. The SMILES string of the molecule is CCn1nncc1NC1CCOC(CC)(CC)C1. The highest BCUT2D eigenvalue weighted by Gasteiger charge is 2.34. The molecule has 1 aliphatic rings. The highest BCUT2D eigenvalue weighted by Crippen LogP contribution is 2.32. The van der Waals surface area contributed by atoms with E-state index in [0.29, 0.717) is 6.04 Å². The van der Waals surface area contributed by atoms with Gasteiger partial charge in [-0.3, -0.25) is 0 Å². The largest absolute Gasteiger partial charge is 0.375 e. The van der Waals surface area contributed by atoms with Crippen LogP contribution in [-0.2, 0) is 11.3 Å². The zero-order valence-corrected chi connectivity index (χ0v) is 11.6. The summed E-state index contributed by atoms with van der Waals surface area (Å²) in [5.74, 6) is 1.02. The molecule has 0 aromatic carbocycles. The Morgan fingerprint density at radius 2 is 2.22 bits per heavy atom. The first-order chi connectivity index (χ1) is 8.73. The van der Waals surface area contributed by atoms with Crippen molar-refractivity contribution in [2.75, 3.05) is 11.9 Å². The molecule has 1 aromatic heterocycles. The highest BCUT2D eigenvalue weighted by atomic mass is 16.5. The molecule has 0 aliphatic carbocycles. The van der Waals surface area contributed by atoms with Gasteiger partial charge in [0.1, 0.15) is 5.82 Å². The third-order valence-electron chi connectivity index (χ3n) is 4.05. The summed E-state index contributed by atoms with van der Waals surface area (Å²) in [7, 11) is 0. The molecule has 1 N–H and O–H groups in total. The summed E-state index contributed by atoms with van der Waals surface area (Å²) in [5, 5.41) is 11.6. The van der Waals surface area contributed by atoms with Gasteiger partial charge in [-0.05, 0) is 32.6 Å². The molecular formula is C13H24N4O. The second kappa shape index (κ2) is 5.69. The minimum Gasteiger partial charge on any atom is -0.375 e. The first-order valence-electron chi connectivity index (χ1n) is 7.02. The van der Waals surface area contributed by atoms with Crippen LogP contribution in [0.25, 0.3) is 0 Å². The second-order valence-electron chi connectivity index (χ2n) is 5.01. The number of aryl methyl sites for hydroxylation is 1. The first kappa shape index (κ1) is 13.3. The van der Waals surface area contributed by atoms with E-state index in [1.165, 1.54) is 0 Å². The van der Waals surface area contributed by atoms with E-state index in [9.17, 15) is 0 Å². The Hall–Kier alpha value is -1.10. The van der Waals surface area contributed by atoms with Crippen molar-refractivity contribution >= 4 is 5.82 Å². The molecule has 0 saturated carbocycles. The molecule has 0 radical (unpaired) electrons. The number of aromatic nitrogens is 3. The van der Waals surface area contributed by atoms with Crippen molar-refractivity contribution in [2.45, 2.75) is 64.6 Å². The molecule has 0 spiro atoms. The Labute approximate surface area is 109 Å². The Morgan fingerprint density at radius 1 is 1.44 bits per heavy atom. The zero-order valence-electron chi connectivity index (χ0n) is 11.6. The van der Waals surface area contributed by atoms with Gasteiger partial charge in [-0.2, -0.15) is 0 Å². The molecule has 1 atom stereocenters. The number of nitrogens with zero attached hydrogens (tertiary/aromatic N) is 3. The van der Waals surface area contributed by atoms with E-state index in [1.54, 1.807) is 6.20 Å². The molecule has 1 unspecified atom stereocenters. The Balaban J connectivity index is 2.01. The summed E-state index contributed by atoms with van der Waals surface area (Å²) >= 11 is 0. The average Bonchev–Trinajstić information content (AvgIpc) is 2.86. The lowest BCUT2D eigenvalue weighted by Crippen LogP contribution is -2.43. The van der Waals surface area contributed by atoms with Gasteiger partial charge < -0.3 is 10.1 Å². The first-order valence-corrected chi connectivity index (χ1v) is 7.02. The minimum absolute atomic E-state index is 0.0560. The third-order valence-corrected chi connectivity index (χ3v) is 4.05. The summed E-state index contributed by atoms with van der Waals surface area (Å²) < 4.78 is 7.89. The standard InChI is InChI=1S/C13H24N4O/c1-4-13(5-2)9-11(7-8-18-13)15-12-10-14-16-17(12)6-3/h10-11,15H,4-9H2,1-3H3. The van der Waals surface area contributed by atoms with Crippen LogP contribution in [0, 0.1) is 0 Å².